The molecule has 0 radical (unpaired) electrons. The number of rotatable bonds is 3. The second kappa shape index (κ2) is 6.29. The Hall–Kier alpha value is -0.520. The Bertz CT molecular complexity index is 499. The van der Waals surface area contributed by atoms with E-state index < -0.39 is 10.0 Å². The van der Waals surface area contributed by atoms with Crippen molar-refractivity contribution in [2.45, 2.75) is 30.8 Å². The third kappa shape index (κ3) is 3.52. The first kappa shape index (κ1) is 14.9. The molecular formula is C14H21NO2S2. The summed E-state index contributed by atoms with van der Waals surface area (Å²) in [4.78, 5) is 0. The van der Waals surface area contributed by atoms with Gasteiger partial charge in [0, 0.05) is 24.1 Å². The SMILES string of the molecule is CC(C)S(=O)(=O)N1CCSC(c2ccccc2)CC1. The van der Waals surface area contributed by atoms with Crippen LogP contribution in [0.5, 0.6) is 0 Å². The molecule has 0 bridgehead atoms. The summed E-state index contributed by atoms with van der Waals surface area (Å²) in [5.41, 5.74) is 1.30. The highest BCUT2D eigenvalue weighted by Gasteiger charge is 2.28. The van der Waals surface area contributed by atoms with Gasteiger partial charge in [-0.1, -0.05) is 30.3 Å². The van der Waals surface area contributed by atoms with Gasteiger partial charge in [-0.3, -0.25) is 0 Å². The van der Waals surface area contributed by atoms with Gasteiger partial charge in [0.15, 0.2) is 0 Å². The first-order chi connectivity index (χ1) is 9.01. The lowest BCUT2D eigenvalue weighted by molar-refractivity contribution is 0.422. The molecule has 0 amide bonds. The molecule has 1 heterocycles. The molecule has 0 N–H and O–H groups in total. The van der Waals surface area contributed by atoms with E-state index in [4.69, 9.17) is 0 Å². The van der Waals surface area contributed by atoms with Crippen LogP contribution < -0.4 is 0 Å². The summed E-state index contributed by atoms with van der Waals surface area (Å²) in [7, 11) is -3.11. The van der Waals surface area contributed by atoms with Crippen molar-refractivity contribution in [3.8, 4) is 0 Å². The molecule has 1 aromatic rings. The van der Waals surface area contributed by atoms with E-state index in [1.54, 1.807) is 18.2 Å². The Morgan fingerprint density at radius 2 is 1.89 bits per heavy atom. The first-order valence-corrected chi connectivity index (χ1v) is 9.22. The van der Waals surface area contributed by atoms with Gasteiger partial charge in [0.05, 0.1) is 5.25 Å². The van der Waals surface area contributed by atoms with Gasteiger partial charge in [0.25, 0.3) is 0 Å². The Morgan fingerprint density at radius 3 is 2.53 bits per heavy atom. The molecule has 1 aliphatic heterocycles. The highest BCUT2D eigenvalue weighted by Crippen LogP contribution is 2.34. The number of benzene rings is 1. The van der Waals surface area contributed by atoms with Crippen LogP contribution in [0.15, 0.2) is 30.3 Å². The minimum Gasteiger partial charge on any atom is -0.212 e. The topological polar surface area (TPSA) is 37.4 Å². The van der Waals surface area contributed by atoms with Gasteiger partial charge in [-0.25, -0.2) is 12.7 Å². The van der Waals surface area contributed by atoms with Crippen molar-refractivity contribution in [2.24, 2.45) is 0 Å². The van der Waals surface area contributed by atoms with Crippen molar-refractivity contribution in [3.63, 3.8) is 0 Å². The van der Waals surface area contributed by atoms with Crippen LogP contribution >= 0.6 is 11.8 Å². The molecule has 1 saturated heterocycles. The Morgan fingerprint density at radius 1 is 1.21 bits per heavy atom. The van der Waals surface area contributed by atoms with Gasteiger partial charge in [-0.05, 0) is 25.8 Å². The lowest BCUT2D eigenvalue weighted by Gasteiger charge is -2.22. The van der Waals surface area contributed by atoms with Crippen molar-refractivity contribution >= 4 is 21.8 Å². The molecule has 0 saturated carbocycles. The van der Waals surface area contributed by atoms with Gasteiger partial charge in [0.1, 0.15) is 0 Å². The normalized spacial score (nSPS) is 22.4. The van der Waals surface area contributed by atoms with Crippen LogP contribution in [0.4, 0.5) is 0 Å². The average molecular weight is 299 g/mol. The molecule has 0 aromatic heterocycles. The fraction of sp³-hybridized carbons (Fsp3) is 0.571. The summed E-state index contributed by atoms with van der Waals surface area (Å²) in [5, 5.41) is 0.0827. The number of hydrogen-bond donors (Lipinski definition) is 0. The zero-order valence-electron chi connectivity index (χ0n) is 11.5. The number of hydrogen-bond acceptors (Lipinski definition) is 3. The third-order valence-electron chi connectivity index (χ3n) is 3.43. The van der Waals surface area contributed by atoms with Crippen LogP contribution in [-0.2, 0) is 10.0 Å². The summed E-state index contributed by atoms with van der Waals surface area (Å²) < 4.78 is 26.1. The second-order valence-corrected chi connectivity index (χ2v) is 8.85. The van der Waals surface area contributed by atoms with E-state index in [-0.39, 0.29) is 5.25 Å². The fourth-order valence-electron chi connectivity index (χ4n) is 2.24. The number of nitrogens with zero attached hydrogens (tertiary/aromatic N) is 1. The molecule has 1 unspecified atom stereocenters. The van der Waals surface area contributed by atoms with Gasteiger partial charge in [-0.15, -0.1) is 0 Å². The molecule has 1 aromatic carbocycles. The quantitative estimate of drug-likeness (QED) is 0.861. The molecule has 3 nitrogen and oxygen atoms in total. The predicted molar refractivity (Wildman–Crippen MR) is 81.9 cm³/mol. The lowest BCUT2D eigenvalue weighted by atomic mass is 10.1. The molecular weight excluding hydrogens is 278 g/mol. The lowest BCUT2D eigenvalue weighted by Crippen LogP contribution is -2.37. The summed E-state index contributed by atoms with van der Waals surface area (Å²) in [6.07, 6.45) is 0.890. The van der Waals surface area contributed by atoms with E-state index in [1.165, 1.54) is 5.56 Å². The Labute approximate surface area is 120 Å². The first-order valence-electron chi connectivity index (χ1n) is 6.67. The standard InChI is InChI=1S/C14H21NO2S2/c1-12(2)19(16,17)15-9-8-14(18-11-10-15)13-6-4-3-5-7-13/h3-7,12,14H,8-11H2,1-2H3. The number of sulfonamides is 1. The molecule has 106 valence electrons. The van der Waals surface area contributed by atoms with Gasteiger partial charge in [0.2, 0.25) is 10.0 Å². The van der Waals surface area contributed by atoms with Crippen LogP contribution in [0.1, 0.15) is 31.1 Å². The van der Waals surface area contributed by atoms with Crippen molar-refractivity contribution < 1.29 is 8.42 Å². The van der Waals surface area contributed by atoms with Gasteiger partial charge in [-0.2, -0.15) is 11.8 Å². The van der Waals surface area contributed by atoms with Gasteiger partial charge < -0.3 is 0 Å². The zero-order valence-corrected chi connectivity index (χ0v) is 13.1. The fourth-order valence-corrected chi connectivity index (χ4v) is 4.89. The minimum atomic E-state index is -3.11. The van der Waals surface area contributed by atoms with Crippen molar-refractivity contribution in [2.75, 3.05) is 18.8 Å². The third-order valence-corrected chi connectivity index (χ3v) is 7.03. The smallest absolute Gasteiger partial charge is 0.212 e. The van der Waals surface area contributed by atoms with Crippen molar-refractivity contribution in [3.05, 3.63) is 35.9 Å². The Balaban J connectivity index is 2.07. The molecule has 19 heavy (non-hydrogen) atoms. The summed E-state index contributed by atoms with van der Waals surface area (Å²) in [6, 6.07) is 10.4. The highest BCUT2D eigenvalue weighted by atomic mass is 32.2. The maximum Gasteiger partial charge on any atom is 0.216 e. The maximum atomic E-state index is 12.2. The van der Waals surface area contributed by atoms with Crippen LogP contribution in [-0.4, -0.2) is 36.8 Å². The van der Waals surface area contributed by atoms with E-state index >= 15 is 0 Å². The molecule has 5 heteroatoms. The maximum absolute atomic E-state index is 12.2. The summed E-state index contributed by atoms with van der Waals surface area (Å²) in [6.45, 7) is 4.77. The Kier molecular flexibility index (Phi) is 4.92. The van der Waals surface area contributed by atoms with Crippen molar-refractivity contribution in [1.82, 2.24) is 4.31 Å². The van der Waals surface area contributed by atoms with E-state index in [2.05, 4.69) is 12.1 Å². The van der Waals surface area contributed by atoms with Crippen LogP contribution in [0, 0.1) is 0 Å². The minimum absolute atomic E-state index is 0.328. The molecule has 0 aliphatic carbocycles. The number of thioether (sulfide) groups is 1. The van der Waals surface area contributed by atoms with E-state index in [0.29, 0.717) is 18.3 Å². The van der Waals surface area contributed by atoms with Crippen molar-refractivity contribution in [1.29, 1.82) is 0 Å². The largest absolute Gasteiger partial charge is 0.216 e. The van der Waals surface area contributed by atoms with E-state index in [9.17, 15) is 8.42 Å². The van der Waals surface area contributed by atoms with E-state index in [1.807, 2.05) is 30.0 Å². The predicted octanol–water partition coefficient (Wildman–Crippen LogP) is 2.90. The monoisotopic (exact) mass is 299 g/mol. The molecule has 1 aliphatic rings. The molecule has 0 spiro atoms. The van der Waals surface area contributed by atoms with Crippen LogP contribution in [0.3, 0.4) is 0 Å². The average Bonchev–Trinajstić information content (AvgIpc) is 2.65. The summed E-state index contributed by atoms with van der Waals surface area (Å²) >= 11 is 1.86. The van der Waals surface area contributed by atoms with Crippen LogP contribution in [0.2, 0.25) is 0 Å². The molecule has 1 fully saturated rings. The van der Waals surface area contributed by atoms with Crippen LogP contribution in [0.25, 0.3) is 0 Å². The molecule has 1 atom stereocenters. The van der Waals surface area contributed by atoms with Gasteiger partial charge >= 0.3 is 0 Å². The highest BCUT2D eigenvalue weighted by molar-refractivity contribution is 7.99. The molecule has 2 rings (SSSR count). The summed E-state index contributed by atoms with van der Waals surface area (Å²) in [5.74, 6) is 0.867. The second-order valence-electron chi connectivity index (χ2n) is 5.05. The zero-order chi connectivity index (χ0) is 13.9. The van der Waals surface area contributed by atoms with E-state index in [0.717, 1.165) is 12.2 Å².